The maximum Gasteiger partial charge on any atom is 0.160 e. The molecule has 0 unspecified atom stereocenters. The molecule has 0 spiro atoms. The Balaban J connectivity index is 1.47. The lowest BCUT2D eigenvalue weighted by atomic mass is 9.90. The monoisotopic (exact) mass is 481 g/mol. The number of fused-ring (bicyclic) bond motifs is 3. The molecule has 1 fully saturated rings. The lowest BCUT2D eigenvalue weighted by Crippen LogP contribution is -2.35. The van der Waals surface area contributed by atoms with Gasteiger partial charge in [0.1, 0.15) is 23.2 Å². The van der Waals surface area contributed by atoms with Gasteiger partial charge in [-0.1, -0.05) is 54.5 Å². The SMILES string of the molecule is CCCCC(=O)C1CCN(c2cc3c(s2)-n2c(C)nnc2CN=C3c2ccccc2Cl)CC1. The van der Waals surface area contributed by atoms with Gasteiger partial charge in [0.25, 0.3) is 0 Å². The highest BCUT2D eigenvalue weighted by molar-refractivity contribution is 7.19. The molecule has 0 aliphatic carbocycles. The molecule has 6 nitrogen and oxygen atoms in total. The lowest BCUT2D eigenvalue weighted by Gasteiger charge is -2.32. The van der Waals surface area contributed by atoms with E-state index in [1.165, 1.54) is 5.00 Å². The fourth-order valence-corrected chi connectivity index (χ4v) is 6.23. The molecule has 0 saturated carbocycles. The number of unbranched alkanes of at least 4 members (excludes halogenated alkanes) is 1. The van der Waals surface area contributed by atoms with Gasteiger partial charge in [-0.25, -0.2) is 0 Å². The Morgan fingerprint density at radius 1 is 1.18 bits per heavy atom. The van der Waals surface area contributed by atoms with Gasteiger partial charge >= 0.3 is 0 Å². The number of ketones is 1. The van der Waals surface area contributed by atoms with Gasteiger partial charge in [-0.2, -0.15) is 0 Å². The first-order chi connectivity index (χ1) is 16.1. The lowest BCUT2D eigenvalue weighted by molar-refractivity contribution is -0.123. The van der Waals surface area contributed by atoms with Crippen LogP contribution in [0.3, 0.4) is 0 Å². The molecular formula is C25H28ClN5OS. The molecule has 3 aromatic rings. The third-order valence-corrected chi connectivity index (χ3v) is 8.11. The molecule has 0 atom stereocenters. The number of rotatable bonds is 6. The molecule has 172 valence electrons. The van der Waals surface area contributed by atoms with Gasteiger partial charge in [0.15, 0.2) is 5.82 Å². The van der Waals surface area contributed by atoms with Crippen LogP contribution in [-0.4, -0.2) is 39.3 Å². The first-order valence-corrected chi connectivity index (χ1v) is 12.9. The number of benzene rings is 1. The van der Waals surface area contributed by atoms with Crippen LogP contribution in [-0.2, 0) is 11.3 Å². The summed E-state index contributed by atoms with van der Waals surface area (Å²) in [6, 6.07) is 10.1. The smallest absolute Gasteiger partial charge is 0.160 e. The van der Waals surface area contributed by atoms with E-state index in [0.717, 1.165) is 78.7 Å². The number of anilines is 1. The van der Waals surface area contributed by atoms with Crippen molar-refractivity contribution >= 4 is 39.4 Å². The number of halogens is 1. The van der Waals surface area contributed by atoms with Gasteiger partial charge in [-0.05, 0) is 38.3 Å². The summed E-state index contributed by atoms with van der Waals surface area (Å²) in [7, 11) is 0. The van der Waals surface area contributed by atoms with Gasteiger partial charge in [0.05, 0.1) is 10.7 Å². The topological polar surface area (TPSA) is 63.4 Å². The molecular weight excluding hydrogens is 454 g/mol. The van der Waals surface area contributed by atoms with Crippen LogP contribution in [0.25, 0.3) is 5.00 Å². The minimum Gasteiger partial charge on any atom is -0.363 e. The van der Waals surface area contributed by atoms with E-state index in [1.54, 1.807) is 11.3 Å². The molecule has 0 N–H and O–H groups in total. The molecule has 8 heteroatoms. The zero-order chi connectivity index (χ0) is 22.9. The molecule has 33 heavy (non-hydrogen) atoms. The van der Waals surface area contributed by atoms with Crippen molar-refractivity contribution in [3.63, 3.8) is 0 Å². The maximum absolute atomic E-state index is 12.5. The standard InChI is InChI=1S/C25H28ClN5OS/c1-3-4-9-21(32)17-10-12-30(13-11-17)23-14-19-24(18-7-5-6-8-20(18)26)27-15-22-29-28-16(2)31(22)25(19)33-23/h5-8,14,17H,3-4,9-13,15H2,1-2H3. The molecule has 1 aromatic carbocycles. The highest BCUT2D eigenvalue weighted by Crippen LogP contribution is 2.39. The number of nitrogens with zero attached hydrogens (tertiary/aromatic N) is 5. The Bertz CT molecular complexity index is 1210. The normalized spacial score (nSPS) is 16.2. The molecule has 5 rings (SSSR count). The van der Waals surface area contributed by atoms with E-state index in [1.807, 2.05) is 31.2 Å². The number of aromatic nitrogens is 3. The number of hydrogen-bond donors (Lipinski definition) is 0. The quantitative estimate of drug-likeness (QED) is 0.458. The predicted molar refractivity (Wildman–Crippen MR) is 134 cm³/mol. The Hall–Kier alpha value is -2.51. The number of piperidine rings is 1. The number of thiophene rings is 1. The summed E-state index contributed by atoms with van der Waals surface area (Å²) >= 11 is 8.32. The summed E-state index contributed by atoms with van der Waals surface area (Å²) < 4.78 is 2.12. The summed E-state index contributed by atoms with van der Waals surface area (Å²) in [6.07, 6.45) is 4.65. The summed E-state index contributed by atoms with van der Waals surface area (Å²) in [4.78, 5) is 19.8. The van der Waals surface area contributed by atoms with Crippen molar-refractivity contribution in [3.05, 3.63) is 58.1 Å². The minimum atomic E-state index is 0.206. The second kappa shape index (κ2) is 9.39. The maximum atomic E-state index is 12.5. The van der Waals surface area contributed by atoms with Crippen molar-refractivity contribution in [2.24, 2.45) is 10.9 Å². The predicted octanol–water partition coefficient (Wildman–Crippen LogP) is 5.62. The summed E-state index contributed by atoms with van der Waals surface area (Å²) in [5.74, 6) is 2.34. The van der Waals surface area contributed by atoms with E-state index in [-0.39, 0.29) is 5.92 Å². The summed E-state index contributed by atoms with van der Waals surface area (Å²) in [5.41, 5.74) is 2.89. The van der Waals surface area contributed by atoms with E-state index >= 15 is 0 Å². The van der Waals surface area contributed by atoms with Crippen LogP contribution in [0.2, 0.25) is 5.02 Å². The van der Waals surface area contributed by atoms with Crippen LogP contribution in [0.5, 0.6) is 0 Å². The first-order valence-electron chi connectivity index (χ1n) is 11.7. The van der Waals surface area contributed by atoms with Crippen molar-refractivity contribution in [2.45, 2.75) is 52.5 Å². The average molecular weight is 482 g/mol. The molecule has 2 aromatic heterocycles. The molecule has 2 aliphatic rings. The Labute approximate surface area is 203 Å². The van der Waals surface area contributed by atoms with Crippen molar-refractivity contribution in [1.82, 2.24) is 14.8 Å². The Morgan fingerprint density at radius 2 is 1.97 bits per heavy atom. The average Bonchev–Trinajstić information content (AvgIpc) is 3.38. The largest absolute Gasteiger partial charge is 0.363 e. The molecule has 2 aliphatic heterocycles. The van der Waals surface area contributed by atoms with Crippen LogP contribution in [0, 0.1) is 12.8 Å². The first kappa shape index (κ1) is 22.3. The van der Waals surface area contributed by atoms with Gasteiger partial charge in [0, 0.05) is 41.6 Å². The number of hydrogen-bond acceptors (Lipinski definition) is 6. The van der Waals surface area contributed by atoms with Crippen molar-refractivity contribution in [2.75, 3.05) is 18.0 Å². The van der Waals surface area contributed by atoms with E-state index in [9.17, 15) is 4.79 Å². The van der Waals surface area contributed by atoms with Gasteiger partial charge in [0.2, 0.25) is 0 Å². The fraction of sp³-hybridized carbons (Fsp3) is 0.440. The minimum absolute atomic E-state index is 0.206. The van der Waals surface area contributed by atoms with Crippen LogP contribution in [0.15, 0.2) is 35.3 Å². The van der Waals surface area contributed by atoms with E-state index < -0.39 is 0 Å². The number of carbonyl (C=O) groups excluding carboxylic acids is 1. The van der Waals surface area contributed by atoms with Crippen molar-refractivity contribution < 1.29 is 4.79 Å². The second-order valence-corrected chi connectivity index (χ2v) is 10.2. The molecule has 0 radical (unpaired) electrons. The Kier molecular flexibility index (Phi) is 6.34. The van der Waals surface area contributed by atoms with Crippen LogP contribution in [0.4, 0.5) is 5.00 Å². The van der Waals surface area contributed by atoms with Crippen LogP contribution < -0.4 is 4.90 Å². The molecule has 0 bridgehead atoms. The highest BCUT2D eigenvalue weighted by Gasteiger charge is 2.29. The number of aliphatic imine (C=N–C) groups is 1. The van der Waals surface area contributed by atoms with E-state index in [2.05, 4.69) is 32.7 Å². The number of aryl methyl sites for hydroxylation is 1. The van der Waals surface area contributed by atoms with Crippen molar-refractivity contribution in [3.8, 4) is 5.00 Å². The van der Waals surface area contributed by atoms with Crippen LogP contribution in [0.1, 0.15) is 61.8 Å². The third-order valence-electron chi connectivity index (χ3n) is 6.60. The molecule has 4 heterocycles. The number of Topliss-reactive ketones (excluding diaryl/α,β-unsaturated/α-hetero) is 1. The van der Waals surface area contributed by atoms with Gasteiger partial charge < -0.3 is 4.90 Å². The van der Waals surface area contributed by atoms with Crippen LogP contribution >= 0.6 is 22.9 Å². The number of carbonyl (C=O) groups is 1. The summed E-state index contributed by atoms with van der Waals surface area (Å²) in [5, 5.41) is 11.6. The van der Waals surface area contributed by atoms with E-state index in [4.69, 9.17) is 16.6 Å². The zero-order valence-electron chi connectivity index (χ0n) is 19.1. The molecule has 0 amide bonds. The van der Waals surface area contributed by atoms with Crippen molar-refractivity contribution in [1.29, 1.82) is 0 Å². The van der Waals surface area contributed by atoms with Gasteiger partial charge in [-0.3, -0.25) is 14.4 Å². The van der Waals surface area contributed by atoms with E-state index in [0.29, 0.717) is 17.4 Å². The second-order valence-electron chi connectivity index (χ2n) is 8.78. The Morgan fingerprint density at radius 3 is 2.73 bits per heavy atom. The molecule has 1 saturated heterocycles. The third kappa shape index (κ3) is 4.24. The zero-order valence-corrected chi connectivity index (χ0v) is 20.6. The van der Waals surface area contributed by atoms with Gasteiger partial charge in [-0.15, -0.1) is 10.2 Å². The fourth-order valence-electron chi connectivity index (χ4n) is 4.73. The highest BCUT2D eigenvalue weighted by atomic mass is 35.5. The summed E-state index contributed by atoms with van der Waals surface area (Å²) in [6.45, 7) is 6.37.